The Morgan fingerprint density at radius 1 is 1.42 bits per heavy atom. The normalized spacial score (nSPS) is 11.1. The van der Waals surface area contributed by atoms with Gasteiger partial charge in [-0.15, -0.1) is 0 Å². The van der Waals surface area contributed by atoms with Crippen LogP contribution in [0.1, 0.15) is 10.4 Å². The van der Waals surface area contributed by atoms with Crippen molar-refractivity contribution < 1.29 is 27.1 Å². The number of benzene rings is 1. The molecule has 0 saturated carbocycles. The maximum atomic E-state index is 13.1. The van der Waals surface area contributed by atoms with Crippen molar-refractivity contribution in [2.75, 3.05) is 13.7 Å². The first-order valence-electron chi connectivity index (χ1n) is 4.94. The Hall–Kier alpha value is -2.00. The molecule has 0 aliphatic heterocycles. The topological polar surface area (TPSA) is 116 Å². The molecule has 9 heteroatoms. The minimum atomic E-state index is -4.26. The van der Waals surface area contributed by atoms with Crippen molar-refractivity contribution in [3.63, 3.8) is 0 Å². The fourth-order valence-electron chi connectivity index (χ4n) is 1.24. The Morgan fingerprint density at radius 3 is 2.58 bits per heavy atom. The van der Waals surface area contributed by atoms with Crippen LogP contribution in [-0.4, -0.2) is 33.9 Å². The maximum Gasteiger partial charge on any atom is 0.339 e. The molecule has 0 atom stereocenters. The number of methoxy groups -OCH3 is 1. The highest BCUT2D eigenvalue weighted by atomic mass is 32.2. The first kappa shape index (κ1) is 15.1. The van der Waals surface area contributed by atoms with Crippen molar-refractivity contribution in [1.82, 2.24) is 4.72 Å². The van der Waals surface area contributed by atoms with E-state index in [1.54, 1.807) is 0 Å². The van der Waals surface area contributed by atoms with Gasteiger partial charge in [0.05, 0.1) is 24.1 Å². The van der Waals surface area contributed by atoms with E-state index in [0.717, 1.165) is 19.2 Å². The van der Waals surface area contributed by atoms with E-state index in [0.29, 0.717) is 6.07 Å². The molecule has 0 radical (unpaired) electrons. The zero-order valence-corrected chi connectivity index (χ0v) is 10.7. The van der Waals surface area contributed by atoms with Crippen LogP contribution in [0.25, 0.3) is 0 Å². The summed E-state index contributed by atoms with van der Waals surface area (Å²) >= 11 is 0. The van der Waals surface area contributed by atoms with E-state index in [4.69, 9.17) is 5.73 Å². The fourth-order valence-corrected chi connectivity index (χ4v) is 2.44. The van der Waals surface area contributed by atoms with E-state index in [1.165, 1.54) is 0 Å². The van der Waals surface area contributed by atoms with Gasteiger partial charge in [0.2, 0.25) is 15.9 Å². The van der Waals surface area contributed by atoms with Gasteiger partial charge < -0.3 is 10.5 Å². The van der Waals surface area contributed by atoms with Crippen LogP contribution in [0.2, 0.25) is 0 Å². The smallest absolute Gasteiger partial charge is 0.339 e. The number of nitrogens with one attached hydrogen (secondary N) is 1. The highest BCUT2D eigenvalue weighted by Gasteiger charge is 2.24. The Labute approximate surface area is 108 Å². The predicted molar refractivity (Wildman–Crippen MR) is 62.1 cm³/mol. The second-order valence-corrected chi connectivity index (χ2v) is 5.16. The third kappa shape index (κ3) is 3.73. The zero-order valence-electron chi connectivity index (χ0n) is 9.84. The van der Waals surface area contributed by atoms with Crippen LogP contribution in [0.4, 0.5) is 4.39 Å². The van der Waals surface area contributed by atoms with Crippen molar-refractivity contribution in [1.29, 1.82) is 0 Å². The second-order valence-electron chi connectivity index (χ2n) is 3.42. The number of ether oxygens (including phenoxy) is 1. The molecule has 104 valence electrons. The molecule has 1 rings (SSSR count). The monoisotopic (exact) mass is 290 g/mol. The maximum absolute atomic E-state index is 13.1. The summed E-state index contributed by atoms with van der Waals surface area (Å²) in [5, 5.41) is 0. The van der Waals surface area contributed by atoms with Gasteiger partial charge in [0.25, 0.3) is 0 Å². The molecule has 7 nitrogen and oxygen atoms in total. The van der Waals surface area contributed by atoms with Crippen LogP contribution in [0.5, 0.6) is 0 Å². The lowest BCUT2D eigenvalue weighted by Gasteiger charge is -2.09. The number of carbonyl (C=O) groups is 2. The molecule has 0 spiro atoms. The van der Waals surface area contributed by atoms with Gasteiger partial charge in [0, 0.05) is 0 Å². The number of carbonyl (C=O) groups excluding carboxylic acids is 2. The molecule has 0 aliphatic rings. The Morgan fingerprint density at radius 2 is 2.05 bits per heavy atom. The molecule has 0 saturated heterocycles. The molecule has 19 heavy (non-hydrogen) atoms. The lowest BCUT2D eigenvalue weighted by molar-refractivity contribution is -0.116. The summed E-state index contributed by atoms with van der Waals surface area (Å²) < 4.78 is 43.0. The molecule has 3 N–H and O–H groups in total. The highest BCUT2D eigenvalue weighted by molar-refractivity contribution is 7.89. The Kier molecular flexibility index (Phi) is 4.57. The molecule has 0 bridgehead atoms. The van der Waals surface area contributed by atoms with Gasteiger partial charge in [0.15, 0.2) is 0 Å². The first-order chi connectivity index (χ1) is 8.77. The van der Waals surface area contributed by atoms with Crippen molar-refractivity contribution in [2.45, 2.75) is 4.90 Å². The fraction of sp³-hybridized carbons (Fsp3) is 0.200. The van der Waals surface area contributed by atoms with Crippen LogP contribution < -0.4 is 10.5 Å². The Balaban J connectivity index is 3.27. The molecule has 0 aromatic heterocycles. The van der Waals surface area contributed by atoms with Crippen LogP contribution in [-0.2, 0) is 19.6 Å². The molecule has 1 amide bonds. The first-order valence-corrected chi connectivity index (χ1v) is 6.42. The molecular formula is C10H11FN2O5S. The summed E-state index contributed by atoms with van der Waals surface area (Å²) in [4.78, 5) is 21.3. The summed E-state index contributed by atoms with van der Waals surface area (Å²) in [7, 11) is -3.20. The minimum Gasteiger partial charge on any atom is -0.465 e. The molecule has 0 fully saturated rings. The number of esters is 1. The summed E-state index contributed by atoms with van der Waals surface area (Å²) in [6, 6.07) is 2.54. The third-order valence-corrected chi connectivity index (χ3v) is 3.52. The summed E-state index contributed by atoms with van der Waals surface area (Å²) in [5.41, 5.74) is 4.45. The molecule has 0 heterocycles. The van der Waals surface area contributed by atoms with Crippen LogP contribution in [0.15, 0.2) is 23.1 Å². The van der Waals surface area contributed by atoms with E-state index >= 15 is 0 Å². The van der Waals surface area contributed by atoms with Crippen LogP contribution in [0.3, 0.4) is 0 Å². The molecular weight excluding hydrogens is 279 g/mol. The van der Waals surface area contributed by atoms with E-state index in [1.807, 2.05) is 4.72 Å². The average Bonchev–Trinajstić information content (AvgIpc) is 2.35. The predicted octanol–water partition coefficient (Wildman–Crippen LogP) is -0.624. The second kappa shape index (κ2) is 5.76. The number of rotatable bonds is 5. The number of primary amides is 1. The summed E-state index contributed by atoms with van der Waals surface area (Å²) in [6.45, 7) is -0.667. The van der Waals surface area contributed by atoms with Crippen LogP contribution in [0, 0.1) is 5.82 Å². The highest BCUT2D eigenvalue weighted by Crippen LogP contribution is 2.18. The quantitative estimate of drug-likeness (QED) is 0.701. The Bertz CT molecular complexity index is 614. The molecule has 1 aromatic carbocycles. The molecule has 0 unspecified atom stereocenters. The van der Waals surface area contributed by atoms with E-state index in [9.17, 15) is 22.4 Å². The zero-order chi connectivity index (χ0) is 14.6. The van der Waals surface area contributed by atoms with Gasteiger partial charge in [-0.25, -0.2) is 22.3 Å². The average molecular weight is 290 g/mol. The summed E-state index contributed by atoms with van der Waals surface area (Å²) in [5.74, 6) is -2.72. The third-order valence-electron chi connectivity index (χ3n) is 2.07. The number of hydrogen-bond donors (Lipinski definition) is 2. The number of nitrogens with two attached hydrogens (primary N) is 1. The van der Waals surface area contributed by atoms with Gasteiger partial charge in [0.1, 0.15) is 5.82 Å². The van der Waals surface area contributed by atoms with Gasteiger partial charge in [-0.05, 0) is 18.2 Å². The number of sulfonamides is 1. The lowest BCUT2D eigenvalue weighted by Crippen LogP contribution is -2.34. The van der Waals surface area contributed by atoms with E-state index in [2.05, 4.69) is 4.74 Å². The van der Waals surface area contributed by atoms with Gasteiger partial charge in [-0.1, -0.05) is 0 Å². The van der Waals surface area contributed by atoms with E-state index in [-0.39, 0.29) is 5.56 Å². The number of halogens is 1. The largest absolute Gasteiger partial charge is 0.465 e. The lowest BCUT2D eigenvalue weighted by atomic mass is 10.2. The minimum absolute atomic E-state index is 0.346. The number of hydrogen-bond acceptors (Lipinski definition) is 5. The summed E-state index contributed by atoms with van der Waals surface area (Å²) in [6.07, 6.45) is 0. The van der Waals surface area contributed by atoms with Gasteiger partial charge in [-0.2, -0.15) is 0 Å². The van der Waals surface area contributed by atoms with Crippen molar-refractivity contribution >= 4 is 21.9 Å². The standard InChI is InChI=1S/C10H11FN2O5S/c1-18-10(15)7-3-2-6(11)4-8(7)19(16,17)13-5-9(12)14/h2-4,13H,5H2,1H3,(H2,12,14). The van der Waals surface area contributed by atoms with Crippen molar-refractivity contribution in [2.24, 2.45) is 5.73 Å². The van der Waals surface area contributed by atoms with Gasteiger partial charge in [-0.3, -0.25) is 4.79 Å². The number of amides is 1. The molecule has 0 aliphatic carbocycles. The van der Waals surface area contributed by atoms with E-state index < -0.39 is 39.2 Å². The van der Waals surface area contributed by atoms with Crippen molar-refractivity contribution in [3.05, 3.63) is 29.6 Å². The SMILES string of the molecule is COC(=O)c1ccc(F)cc1S(=O)(=O)NCC(N)=O. The van der Waals surface area contributed by atoms with Gasteiger partial charge >= 0.3 is 5.97 Å². The van der Waals surface area contributed by atoms with Crippen LogP contribution >= 0.6 is 0 Å². The molecule has 1 aromatic rings. The van der Waals surface area contributed by atoms with Crippen molar-refractivity contribution in [3.8, 4) is 0 Å².